The normalized spacial score (nSPS) is 12.8. The zero-order valence-electron chi connectivity index (χ0n) is 16.5. The van der Waals surface area contributed by atoms with E-state index in [1.807, 2.05) is 31.2 Å². The fourth-order valence-corrected chi connectivity index (χ4v) is 5.97. The summed E-state index contributed by atoms with van der Waals surface area (Å²) in [5.74, 6) is -1.27. The number of nitrogens with one attached hydrogen (secondary N) is 1. The lowest BCUT2D eigenvalue weighted by molar-refractivity contribution is 0.0923. The van der Waals surface area contributed by atoms with Gasteiger partial charge in [0.25, 0.3) is 17.7 Å². The van der Waals surface area contributed by atoms with Crippen LogP contribution in [0.4, 0.5) is 11.4 Å². The van der Waals surface area contributed by atoms with E-state index in [0.717, 1.165) is 22.6 Å². The first kappa shape index (κ1) is 23.4. The fourth-order valence-electron chi connectivity index (χ4n) is 3.51. The molecular weight excluding hydrogens is 672 g/mol. The first-order valence-corrected chi connectivity index (χ1v) is 12.7. The first-order chi connectivity index (χ1) is 15.3. The monoisotopic (exact) mass is 682 g/mol. The molecule has 0 saturated carbocycles. The van der Waals surface area contributed by atoms with Crippen molar-refractivity contribution in [3.05, 3.63) is 88.7 Å². The molecule has 3 aromatic carbocycles. The van der Waals surface area contributed by atoms with Crippen LogP contribution in [0.3, 0.4) is 0 Å². The summed E-state index contributed by atoms with van der Waals surface area (Å²) in [5.41, 5.74) is 2.91. The van der Waals surface area contributed by atoms with Crippen molar-refractivity contribution >= 4 is 92.8 Å². The molecule has 0 bridgehead atoms. The third kappa shape index (κ3) is 3.89. The molecule has 1 aliphatic rings. The van der Waals surface area contributed by atoms with Crippen molar-refractivity contribution in [2.24, 2.45) is 0 Å². The van der Waals surface area contributed by atoms with Gasteiger partial charge in [-0.25, -0.2) is 4.90 Å². The first-order valence-electron chi connectivity index (χ1n) is 9.50. The Hall–Kier alpha value is -1.81. The van der Waals surface area contributed by atoms with Crippen molar-refractivity contribution in [2.45, 2.75) is 13.3 Å². The largest absolute Gasteiger partial charge is 0.322 e. The SMILES string of the molecule is CCc1ccccc1NC(=O)c1cccc(N2C(=O)c3c(Br)c(Br)c(Br)c(Br)c3C2=O)c1. The lowest BCUT2D eigenvalue weighted by Gasteiger charge is -2.15. The van der Waals surface area contributed by atoms with Crippen LogP contribution in [0.5, 0.6) is 0 Å². The van der Waals surface area contributed by atoms with Crippen molar-refractivity contribution in [2.75, 3.05) is 10.2 Å². The number of carbonyl (C=O) groups excluding carboxylic acids is 3. The minimum Gasteiger partial charge on any atom is -0.322 e. The summed E-state index contributed by atoms with van der Waals surface area (Å²) in [6.07, 6.45) is 0.778. The number of aryl methyl sites for hydroxylation is 1. The Labute approximate surface area is 218 Å². The summed E-state index contributed by atoms with van der Waals surface area (Å²) in [6.45, 7) is 2.01. The smallest absolute Gasteiger partial charge is 0.267 e. The molecule has 1 N–H and O–H groups in total. The molecule has 5 nitrogen and oxygen atoms in total. The van der Waals surface area contributed by atoms with E-state index in [4.69, 9.17) is 0 Å². The Morgan fingerprint density at radius 1 is 0.844 bits per heavy atom. The summed E-state index contributed by atoms with van der Waals surface area (Å²) < 4.78 is 2.20. The zero-order chi connectivity index (χ0) is 23.2. The summed E-state index contributed by atoms with van der Waals surface area (Å²) >= 11 is 13.7. The van der Waals surface area contributed by atoms with Crippen molar-refractivity contribution in [1.29, 1.82) is 0 Å². The molecule has 32 heavy (non-hydrogen) atoms. The Morgan fingerprint density at radius 2 is 1.44 bits per heavy atom. The van der Waals surface area contributed by atoms with Crippen molar-refractivity contribution in [3.63, 3.8) is 0 Å². The van der Waals surface area contributed by atoms with Gasteiger partial charge in [-0.15, -0.1) is 0 Å². The van der Waals surface area contributed by atoms with Crippen LogP contribution in [0.1, 0.15) is 43.6 Å². The number of amides is 3. The molecule has 4 rings (SSSR count). The molecule has 0 unspecified atom stereocenters. The van der Waals surface area contributed by atoms with Gasteiger partial charge in [0.1, 0.15) is 0 Å². The molecule has 1 aliphatic heterocycles. The Balaban J connectivity index is 1.70. The average Bonchev–Trinajstić information content (AvgIpc) is 3.06. The molecule has 3 aromatic rings. The highest BCUT2D eigenvalue weighted by atomic mass is 79.9. The van der Waals surface area contributed by atoms with Gasteiger partial charge in [-0.2, -0.15) is 0 Å². The second-order valence-electron chi connectivity index (χ2n) is 6.97. The van der Waals surface area contributed by atoms with Crippen LogP contribution in [-0.2, 0) is 6.42 Å². The van der Waals surface area contributed by atoms with Crippen LogP contribution in [0, 0.1) is 0 Å². The van der Waals surface area contributed by atoms with Gasteiger partial charge >= 0.3 is 0 Å². The van der Waals surface area contributed by atoms with E-state index in [1.165, 1.54) is 6.07 Å². The van der Waals surface area contributed by atoms with E-state index < -0.39 is 11.8 Å². The highest BCUT2D eigenvalue weighted by Gasteiger charge is 2.42. The van der Waals surface area contributed by atoms with Gasteiger partial charge in [-0.1, -0.05) is 31.2 Å². The summed E-state index contributed by atoms with van der Waals surface area (Å²) in [6, 6.07) is 14.0. The topological polar surface area (TPSA) is 66.5 Å². The molecule has 0 radical (unpaired) electrons. The van der Waals surface area contributed by atoms with E-state index in [9.17, 15) is 14.4 Å². The van der Waals surface area contributed by atoms with E-state index in [0.29, 0.717) is 29.1 Å². The van der Waals surface area contributed by atoms with Crippen LogP contribution in [-0.4, -0.2) is 17.7 Å². The third-order valence-electron chi connectivity index (χ3n) is 5.11. The Morgan fingerprint density at radius 3 is 2.03 bits per heavy atom. The Kier molecular flexibility index (Phi) is 6.72. The van der Waals surface area contributed by atoms with Gasteiger partial charge in [0, 0.05) is 29.1 Å². The number of hydrogen-bond acceptors (Lipinski definition) is 3. The minimum atomic E-state index is -0.473. The quantitative estimate of drug-likeness (QED) is 0.178. The van der Waals surface area contributed by atoms with Crippen LogP contribution < -0.4 is 10.2 Å². The summed E-state index contributed by atoms with van der Waals surface area (Å²) in [5, 5.41) is 2.91. The third-order valence-corrected chi connectivity index (χ3v) is 9.88. The maximum Gasteiger partial charge on any atom is 0.267 e. The molecule has 162 valence electrons. The lowest BCUT2D eigenvalue weighted by Crippen LogP contribution is -2.29. The standard InChI is InChI=1S/C23H14Br4N2O3/c1-2-11-6-3-4-9-14(11)28-21(30)12-7-5-8-13(10-12)29-22(31)15-16(23(29)32)18(25)20(27)19(26)17(15)24/h3-10H,2H2,1H3,(H,28,30). The molecule has 0 aromatic heterocycles. The Bertz CT molecular complexity index is 1260. The van der Waals surface area contributed by atoms with Crippen molar-refractivity contribution in [3.8, 4) is 0 Å². The summed E-state index contributed by atoms with van der Waals surface area (Å²) in [4.78, 5) is 40.4. The average molecular weight is 686 g/mol. The van der Waals surface area contributed by atoms with E-state index >= 15 is 0 Å². The number of carbonyl (C=O) groups is 3. The second kappa shape index (κ2) is 9.21. The number of fused-ring (bicyclic) bond motifs is 1. The maximum absolute atomic E-state index is 13.2. The highest BCUT2D eigenvalue weighted by Crippen LogP contribution is 2.46. The number of halogens is 4. The molecule has 9 heteroatoms. The van der Waals surface area contributed by atoms with Gasteiger partial charge in [0.15, 0.2) is 0 Å². The van der Waals surface area contributed by atoms with E-state index in [2.05, 4.69) is 69.0 Å². The molecule has 0 atom stereocenters. The zero-order valence-corrected chi connectivity index (χ0v) is 22.9. The van der Waals surface area contributed by atoms with E-state index in [1.54, 1.807) is 18.2 Å². The number of hydrogen-bond donors (Lipinski definition) is 1. The number of para-hydroxylation sites is 1. The van der Waals surface area contributed by atoms with Gasteiger partial charge in [0.05, 0.1) is 16.8 Å². The van der Waals surface area contributed by atoms with Crippen LogP contribution >= 0.6 is 63.7 Å². The molecule has 0 fully saturated rings. The molecule has 1 heterocycles. The van der Waals surface area contributed by atoms with Crippen LogP contribution in [0.15, 0.2) is 66.4 Å². The van der Waals surface area contributed by atoms with Crippen LogP contribution in [0.25, 0.3) is 0 Å². The minimum absolute atomic E-state index is 0.253. The number of rotatable bonds is 4. The van der Waals surface area contributed by atoms with Gasteiger partial charge in [-0.05, 0) is 100.0 Å². The number of benzene rings is 3. The van der Waals surface area contributed by atoms with Crippen molar-refractivity contribution in [1.82, 2.24) is 0 Å². The van der Waals surface area contributed by atoms with E-state index in [-0.39, 0.29) is 17.0 Å². The lowest BCUT2D eigenvalue weighted by atomic mass is 10.1. The van der Waals surface area contributed by atoms with Crippen molar-refractivity contribution < 1.29 is 14.4 Å². The maximum atomic E-state index is 13.2. The number of imide groups is 1. The van der Waals surface area contributed by atoms with Gasteiger partial charge in [0.2, 0.25) is 0 Å². The molecule has 0 saturated heterocycles. The predicted octanol–water partition coefficient (Wildman–Crippen LogP) is 7.35. The summed E-state index contributed by atoms with van der Waals surface area (Å²) in [7, 11) is 0. The van der Waals surface area contributed by atoms with Gasteiger partial charge in [-0.3, -0.25) is 14.4 Å². The van der Waals surface area contributed by atoms with Gasteiger partial charge < -0.3 is 5.32 Å². The number of anilines is 2. The molecular formula is C23H14Br4N2O3. The second-order valence-corrected chi connectivity index (χ2v) is 10.1. The molecule has 3 amide bonds. The fraction of sp³-hybridized carbons (Fsp3) is 0.0870. The number of nitrogens with zero attached hydrogens (tertiary/aromatic N) is 1. The highest BCUT2D eigenvalue weighted by molar-refractivity contribution is 9.15. The molecule has 0 spiro atoms. The predicted molar refractivity (Wildman–Crippen MR) is 139 cm³/mol. The molecule has 0 aliphatic carbocycles. The van der Waals surface area contributed by atoms with Crippen LogP contribution in [0.2, 0.25) is 0 Å².